The number of carbonyl (C=O) groups is 1. The van der Waals surface area contributed by atoms with Crippen LogP contribution in [-0.2, 0) is 11.3 Å². The van der Waals surface area contributed by atoms with Gasteiger partial charge in [0.1, 0.15) is 11.4 Å². The van der Waals surface area contributed by atoms with Crippen LogP contribution >= 0.6 is 0 Å². The molecule has 3 rings (SSSR count). The first-order valence-electron chi connectivity index (χ1n) is 9.04. The Labute approximate surface area is 159 Å². The SMILES string of the molecule is CCOC(=O)c1nccc2nn(Cc3ccc(OC(C)(C)C)c(C)c3)cc12. The summed E-state index contributed by atoms with van der Waals surface area (Å²) in [6.07, 6.45) is 3.41. The van der Waals surface area contributed by atoms with E-state index >= 15 is 0 Å². The molecule has 0 unspecified atom stereocenters. The standard InChI is InChI=1S/C21H25N3O3/c1-6-26-20(25)19-16-13-24(23-17(16)9-10-22-19)12-15-7-8-18(14(2)11-15)27-21(3,4)5/h7-11,13H,6,12H2,1-5H3. The van der Waals surface area contributed by atoms with E-state index in [2.05, 4.69) is 16.1 Å². The number of rotatable bonds is 5. The van der Waals surface area contributed by atoms with Gasteiger partial charge in [0.05, 0.1) is 24.1 Å². The van der Waals surface area contributed by atoms with E-state index in [0.29, 0.717) is 24.2 Å². The van der Waals surface area contributed by atoms with Crippen LogP contribution in [0.1, 0.15) is 49.3 Å². The minimum atomic E-state index is -0.429. The minimum absolute atomic E-state index is 0.234. The van der Waals surface area contributed by atoms with Crippen molar-refractivity contribution in [1.29, 1.82) is 0 Å². The van der Waals surface area contributed by atoms with Gasteiger partial charge in [-0.2, -0.15) is 5.10 Å². The lowest BCUT2D eigenvalue weighted by Gasteiger charge is -2.23. The summed E-state index contributed by atoms with van der Waals surface area (Å²) in [6.45, 7) is 10.8. The lowest BCUT2D eigenvalue weighted by Crippen LogP contribution is -2.23. The van der Waals surface area contributed by atoms with Crippen LogP contribution in [0.4, 0.5) is 0 Å². The Kier molecular flexibility index (Phi) is 5.17. The van der Waals surface area contributed by atoms with Crippen molar-refractivity contribution in [2.24, 2.45) is 0 Å². The first-order valence-corrected chi connectivity index (χ1v) is 9.04. The molecule has 0 radical (unpaired) electrons. The normalized spacial score (nSPS) is 11.6. The first-order chi connectivity index (χ1) is 12.8. The van der Waals surface area contributed by atoms with E-state index in [4.69, 9.17) is 9.47 Å². The summed E-state index contributed by atoms with van der Waals surface area (Å²) < 4.78 is 12.9. The summed E-state index contributed by atoms with van der Waals surface area (Å²) in [4.78, 5) is 16.2. The monoisotopic (exact) mass is 367 g/mol. The minimum Gasteiger partial charge on any atom is -0.488 e. The van der Waals surface area contributed by atoms with E-state index in [1.807, 2.05) is 50.7 Å². The first kappa shape index (κ1) is 18.9. The molecule has 2 aromatic heterocycles. The summed E-state index contributed by atoms with van der Waals surface area (Å²) in [5.74, 6) is 0.452. The lowest BCUT2D eigenvalue weighted by molar-refractivity contribution is 0.0522. The number of pyridine rings is 1. The van der Waals surface area contributed by atoms with Crippen molar-refractivity contribution >= 4 is 16.9 Å². The van der Waals surface area contributed by atoms with Crippen molar-refractivity contribution in [3.05, 3.63) is 53.5 Å². The molecule has 1 aromatic carbocycles. The molecule has 0 fully saturated rings. The highest BCUT2D eigenvalue weighted by Gasteiger charge is 2.16. The van der Waals surface area contributed by atoms with Gasteiger partial charge in [0.15, 0.2) is 5.69 Å². The molecule has 0 aliphatic rings. The molecule has 3 aromatic rings. The highest BCUT2D eigenvalue weighted by atomic mass is 16.5. The van der Waals surface area contributed by atoms with Crippen molar-refractivity contribution in [2.75, 3.05) is 6.61 Å². The molecule has 0 spiro atoms. The van der Waals surface area contributed by atoms with E-state index in [9.17, 15) is 4.79 Å². The van der Waals surface area contributed by atoms with Gasteiger partial charge < -0.3 is 9.47 Å². The second kappa shape index (κ2) is 7.39. The Bertz CT molecular complexity index is 970. The summed E-state index contributed by atoms with van der Waals surface area (Å²) in [7, 11) is 0. The number of esters is 1. The molecule has 0 saturated heterocycles. The van der Waals surface area contributed by atoms with Crippen LogP contribution in [-0.4, -0.2) is 32.9 Å². The van der Waals surface area contributed by atoms with E-state index in [0.717, 1.165) is 22.4 Å². The van der Waals surface area contributed by atoms with E-state index in [1.165, 1.54) is 0 Å². The molecule has 2 heterocycles. The van der Waals surface area contributed by atoms with Crippen LogP contribution in [0, 0.1) is 6.92 Å². The molecule has 0 atom stereocenters. The Morgan fingerprint density at radius 1 is 1.22 bits per heavy atom. The lowest BCUT2D eigenvalue weighted by atomic mass is 10.1. The maximum absolute atomic E-state index is 12.1. The molecule has 0 aliphatic heterocycles. The number of aromatic nitrogens is 3. The predicted octanol–water partition coefficient (Wildman–Crippen LogP) is 4.14. The predicted molar refractivity (Wildman–Crippen MR) is 104 cm³/mol. The Morgan fingerprint density at radius 3 is 2.67 bits per heavy atom. The van der Waals surface area contributed by atoms with Crippen molar-refractivity contribution in [2.45, 2.75) is 46.8 Å². The topological polar surface area (TPSA) is 66.2 Å². The zero-order chi connectivity index (χ0) is 19.6. The third kappa shape index (κ3) is 4.45. The van der Waals surface area contributed by atoms with Gasteiger partial charge in [-0.05, 0) is 57.9 Å². The van der Waals surface area contributed by atoms with E-state index in [1.54, 1.807) is 19.2 Å². The van der Waals surface area contributed by atoms with Gasteiger partial charge in [0.2, 0.25) is 0 Å². The summed E-state index contributed by atoms with van der Waals surface area (Å²) >= 11 is 0. The number of hydrogen-bond donors (Lipinski definition) is 0. The largest absolute Gasteiger partial charge is 0.488 e. The molecule has 6 nitrogen and oxygen atoms in total. The van der Waals surface area contributed by atoms with Crippen LogP contribution in [0.5, 0.6) is 5.75 Å². The number of carbonyl (C=O) groups excluding carboxylic acids is 1. The average molecular weight is 367 g/mol. The number of aryl methyl sites for hydroxylation is 1. The number of fused-ring (bicyclic) bond motifs is 1. The Hall–Kier alpha value is -2.89. The quantitative estimate of drug-likeness (QED) is 0.634. The van der Waals surface area contributed by atoms with Crippen molar-refractivity contribution in [3.63, 3.8) is 0 Å². The number of ether oxygens (including phenoxy) is 2. The molecular weight excluding hydrogens is 342 g/mol. The second-order valence-electron chi connectivity index (χ2n) is 7.45. The zero-order valence-corrected chi connectivity index (χ0v) is 16.4. The maximum Gasteiger partial charge on any atom is 0.357 e. The highest BCUT2D eigenvalue weighted by Crippen LogP contribution is 2.24. The van der Waals surface area contributed by atoms with Gasteiger partial charge in [0.25, 0.3) is 0 Å². The molecule has 0 N–H and O–H groups in total. The fraction of sp³-hybridized carbons (Fsp3) is 0.381. The maximum atomic E-state index is 12.1. The summed E-state index contributed by atoms with van der Waals surface area (Å²) in [5, 5.41) is 5.26. The van der Waals surface area contributed by atoms with Gasteiger partial charge in [-0.1, -0.05) is 12.1 Å². The fourth-order valence-electron chi connectivity index (χ4n) is 2.88. The Morgan fingerprint density at radius 2 is 2.00 bits per heavy atom. The molecule has 142 valence electrons. The van der Waals surface area contributed by atoms with Crippen LogP contribution in [0.15, 0.2) is 36.7 Å². The zero-order valence-electron chi connectivity index (χ0n) is 16.4. The van der Waals surface area contributed by atoms with Crippen LogP contribution < -0.4 is 4.74 Å². The van der Waals surface area contributed by atoms with Gasteiger partial charge >= 0.3 is 5.97 Å². The van der Waals surface area contributed by atoms with E-state index in [-0.39, 0.29) is 5.60 Å². The van der Waals surface area contributed by atoms with Crippen molar-refractivity contribution in [3.8, 4) is 5.75 Å². The highest BCUT2D eigenvalue weighted by molar-refractivity contribution is 6.01. The summed E-state index contributed by atoms with van der Waals surface area (Å²) in [6, 6.07) is 7.91. The Balaban J connectivity index is 1.86. The molecule has 27 heavy (non-hydrogen) atoms. The molecule has 0 bridgehead atoms. The molecule has 6 heteroatoms. The van der Waals surface area contributed by atoms with Crippen LogP contribution in [0.25, 0.3) is 10.9 Å². The fourth-order valence-corrected chi connectivity index (χ4v) is 2.88. The molecular formula is C21H25N3O3. The smallest absolute Gasteiger partial charge is 0.357 e. The van der Waals surface area contributed by atoms with Gasteiger partial charge in [0, 0.05) is 12.4 Å². The van der Waals surface area contributed by atoms with Crippen LogP contribution in [0.2, 0.25) is 0 Å². The second-order valence-corrected chi connectivity index (χ2v) is 7.45. The van der Waals surface area contributed by atoms with Crippen LogP contribution in [0.3, 0.4) is 0 Å². The summed E-state index contributed by atoms with van der Waals surface area (Å²) in [5.41, 5.74) is 2.96. The van der Waals surface area contributed by atoms with Crippen molar-refractivity contribution < 1.29 is 14.3 Å². The molecule has 0 aliphatic carbocycles. The van der Waals surface area contributed by atoms with Crippen molar-refractivity contribution in [1.82, 2.24) is 14.8 Å². The van der Waals surface area contributed by atoms with Gasteiger partial charge in [-0.25, -0.2) is 9.78 Å². The third-order valence-electron chi connectivity index (χ3n) is 3.95. The number of hydrogen-bond acceptors (Lipinski definition) is 5. The third-order valence-corrected chi connectivity index (χ3v) is 3.95. The number of nitrogens with zero attached hydrogens (tertiary/aromatic N) is 3. The van der Waals surface area contributed by atoms with Gasteiger partial charge in [-0.15, -0.1) is 0 Å². The number of benzene rings is 1. The van der Waals surface area contributed by atoms with Gasteiger partial charge in [-0.3, -0.25) is 4.68 Å². The molecule has 0 amide bonds. The average Bonchev–Trinajstić information content (AvgIpc) is 2.98. The van der Waals surface area contributed by atoms with E-state index < -0.39 is 5.97 Å². The molecule has 0 saturated carbocycles.